The fraction of sp³-hybridized carbons (Fsp3) is 0.778. The Morgan fingerprint density at radius 1 is 1.38 bits per heavy atom. The van der Waals surface area contributed by atoms with Crippen LogP contribution in [0.5, 0.6) is 0 Å². The standard InChI is InChI=1S/C9H16N2O5/c12-5-7(8(14)15)10-9(16)11-3-1-6(13)2-4-11/h6-7,12-13H,1-5H2,(H,10,16)(H,14,15)/t7-/m0/s1. The third-order valence-electron chi connectivity index (χ3n) is 2.53. The summed E-state index contributed by atoms with van der Waals surface area (Å²) < 4.78 is 0. The van der Waals surface area contributed by atoms with E-state index in [1.165, 1.54) is 4.90 Å². The zero-order valence-corrected chi connectivity index (χ0v) is 8.80. The molecule has 1 saturated heterocycles. The average molecular weight is 232 g/mol. The molecular formula is C9H16N2O5. The van der Waals surface area contributed by atoms with E-state index in [1.807, 2.05) is 0 Å². The number of hydrogen-bond donors (Lipinski definition) is 4. The van der Waals surface area contributed by atoms with Crippen molar-refractivity contribution in [3.63, 3.8) is 0 Å². The monoisotopic (exact) mass is 232 g/mol. The molecule has 0 aliphatic carbocycles. The average Bonchev–Trinajstić information content (AvgIpc) is 2.26. The Labute approximate surface area is 92.7 Å². The first-order valence-corrected chi connectivity index (χ1v) is 5.11. The minimum absolute atomic E-state index is 0.392. The molecule has 1 rings (SSSR count). The van der Waals surface area contributed by atoms with E-state index < -0.39 is 30.8 Å². The largest absolute Gasteiger partial charge is 0.480 e. The SMILES string of the molecule is O=C(O)[C@H](CO)NC(=O)N1CCC(O)CC1. The molecule has 7 heteroatoms. The molecule has 0 aromatic rings. The number of aliphatic carboxylic acids is 1. The van der Waals surface area contributed by atoms with Crippen LogP contribution in [0.1, 0.15) is 12.8 Å². The molecule has 16 heavy (non-hydrogen) atoms. The Bertz CT molecular complexity index is 263. The van der Waals surface area contributed by atoms with E-state index in [4.69, 9.17) is 10.2 Å². The number of aliphatic hydroxyl groups is 2. The molecule has 0 aromatic heterocycles. The predicted octanol–water partition coefficient (Wildman–Crippen LogP) is -1.40. The highest BCUT2D eigenvalue weighted by molar-refractivity contribution is 5.82. The molecule has 0 bridgehead atoms. The van der Waals surface area contributed by atoms with Crippen LogP contribution in [0.15, 0.2) is 0 Å². The van der Waals surface area contributed by atoms with Crippen LogP contribution < -0.4 is 5.32 Å². The van der Waals surface area contributed by atoms with Crippen LogP contribution in [-0.2, 0) is 4.79 Å². The summed E-state index contributed by atoms with van der Waals surface area (Å²) in [4.78, 5) is 23.5. The van der Waals surface area contributed by atoms with E-state index >= 15 is 0 Å². The first-order chi connectivity index (χ1) is 7.54. The molecule has 1 aliphatic rings. The number of hydrogen-bond acceptors (Lipinski definition) is 4. The van der Waals surface area contributed by atoms with Crippen LogP contribution in [0.4, 0.5) is 4.79 Å². The normalized spacial score (nSPS) is 19.2. The molecule has 2 amide bonds. The molecule has 1 fully saturated rings. The van der Waals surface area contributed by atoms with E-state index in [9.17, 15) is 14.7 Å². The Morgan fingerprint density at radius 2 is 1.94 bits per heavy atom. The van der Waals surface area contributed by atoms with Gasteiger partial charge in [0.15, 0.2) is 6.04 Å². The summed E-state index contributed by atoms with van der Waals surface area (Å²) in [5.41, 5.74) is 0. The van der Waals surface area contributed by atoms with Crippen LogP contribution >= 0.6 is 0 Å². The lowest BCUT2D eigenvalue weighted by Crippen LogP contribution is -2.51. The number of nitrogens with zero attached hydrogens (tertiary/aromatic N) is 1. The lowest BCUT2D eigenvalue weighted by molar-refractivity contribution is -0.140. The minimum Gasteiger partial charge on any atom is -0.480 e. The molecule has 1 aliphatic heterocycles. The third kappa shape index (κ3) is 3.35. The number of carbonyl (C=O) groups is 2. The fourth-order valence-corrected chi connectivity index (χ4v) is 1.49. The van der Waals surface area contributed by atoms with E-state index in [-0.39, 0.29) is 0 Å². The lowest BCUT2D eigenvalue weighted by Gasteiger charge is -2.30. The number of carboxylic acid groups (broad SMARTS) is 1. The summed E-state index contributed by atoms with van der Waals surface area (Å²) in [7, 11) is 0. The van der Waals surface area contributed by atoms with Crippen molar-refractivity contribution in [1.29, 1.82) is 0 Å². The van der Waals surface area contributed by atoms with Crippen LogP contribution in [-0.4, -0.2) is 64.1 Å². The quantitative estimate of drug-likeness (QED) is 0.478. The molecule has 0 saturated carbocycles. The van der Waals surface area contributed by atoms with Crippen LogP contribution in [0.25, 0.3) is 0 Å². The zero-order chi connectivity index (χ0) is 12.1. The molecule has 1 atom stereocenters. The zero-order valence-electron chi connectivity index (χ0n) is 8.80. The molecule has 1 heterocycles. The second kappa shape index (κ2) is 5.66. The van der Waals surface area contributed by atoms with Crippen molar-refractivity contribution in [3.8, 4) is 0 Å². The maximum absolute atomic E-state index is 11.5. The number of rotatable bonds is 3. The Kier molecular flexibility index (Phi) is 4.51. The third-order valence-corrected chi connectivity index (χ3v) is 2.53. The first kappa shape index (κ1) is 12.7. The molecule has 0 radical (unpaired) electrons. The summed E-state index contributed by atoms with van der Waals surface area (Å²) in [5, 5.41) is 28.8. The van der Waals surface area contributed by atoms with Gasteiger partial charge in [0.25, 0.3) is 0 Å². The van der Waals surface area contributed by atoms with Gasteiger partial charge in [0.1, 0.15) is 0 Å². The van der Waals surface area contributed by atoms with Gasteiger partial charge >= 0.3 is 12.0 Å². The minimum atomic E-state index is -1.28. The number of nitrogens with one attached hydrogen (secondary N) is 1. The number of urea groups is 1. The van der Waals surface area contributed by atoms with Gasteiger partial charge in [-0.2, -0.15) is 0 Å². The smallest absolute Gasteiger partial charge is 0.328 e. The fourth-order valence-electron chi connectivity index (χ4n) is 1.49. The number of amides is 2. The molecule has 0 unspecified atom stereocenters. The van der Waals surface area contributed by atoms with Crippen LogP contribution in [0, 0.1) is 0 Å². The maximum Gasteiger partial charge on any atom is 0.328 e. The van der Waals surface area contributed by atoms with E-state index in [0.29, 0.717) is 25.9 Å². The maximum atomic E-state index is 11.5. The summed E-state index contributed by atoms with van der Waals surface area (Å²) in [6, 6.07) is -1.80. The van der Waals surface area contributed by atoms with Crippen molar-refractivity contribution in [1.82, 2.24) is 10.2 Å². The summed E-state index contributed by atoms with van der Waals surface area (Å²) in [6.45, 7) is 0.146. The van der Waals surface area contributed by atoms with Gasteiger partial charge in [0.05, 0.1) is 12.7 Å². The topological polar surface area (TPSA) is 110 Å². The predicted molar refractivity (Wildman–Crippen MR) is 53.9 cm³/mol. The van der Waals surface area contributed by atoms with Gasteiger partial charge in [-0.15, -0.1) is 0 Å². The van der Waals surface area contributed by atoms with Crippen LogP contribution in [0.2, 0.25) is 0 Å². The molecular weight excluding hydrogens is 216 g/mol. The summed E-state index contributed by atoms with van der Waals surface area (Å²) in [6.07, 6.45) is 0.589. The van der Waals surface area contributed by atoms with Gasteiger partial charge in [-0.05, 0) is 12.8 Å². The molecule has 4 N–H and O–H groups in total. The Balaban J connectivity index is 2.42. The highest BCUT2D eigenvalue weighted by Gasteiger charge is 2.25. The molecule has 0 spiro atoms. The summed E-state index contributed by atoms with van der Waals surface area (Å²) >= 11 is 0. The van der Waals surface area contributed by atoms with E-state index in [2.05, 4.69) is 5.32 Å². The van der Waals surface area contributed by atoms with Crippen molar-refractivity contribution >= 4 is 12.0 Å². The number of carboxylic acids is 1. The Hall–Kier alpha value is -1.34. The number of piperidine rings is 1. The van der Waals surface area contributed by atoms with Crippen molar-refractivity contribution < 1.29 is 24.9 Å². The number of aliphatic hydroxyl groups excluding tert-OH is 2. The molecule has 7 nitrogen and oxygen atoms in total. The molecule has 0 aromatic carbocycles. The second-order valence-electron chi connectivity index (χ2n) is 3.74. The summed E-state index contributed by atoms with van der Waals surface area (Å²) in [5.74, 6) is -1.27. The van der Waals surface area contributed by atoms with Crippen molar-refractivity contribution in [2.45, 2.75) is 25.0 Å². The molecule has 92 valence electrons. The van der Waals surface area contributed by atoms with Gasteiger partial charge in [0, 0.05) is 13.1 Å². The highest BCUT2D eigenvalue weighted by Crippen LogP contribution is 2.09. The Morgan fingerprint density at radius 3 is 2.38 bits per heavy atom. The van der Waals surface area contributed by atoms with Crippen molar-refractivity contribution in [2.24, 2.45) is 0 Å². The van der Waals surface area contributed by atoms with Gasteiger partial charge in [-0.3, -0.25) is 0 Å². The van der Waals surface area contributed by atoms with Crippen molar-refractivity contribution in [2.75, 3.05) is 19.7 Å². The van der Waals surface area contributed by atoms with Gasteiger partial charge < -0.3 is 25.5 Å². The van der Waals surface area contributed by atoms with Gasteiger partial charge in [-0.1, -0.05) is 0 Å². The van der Waals surface area contributed by atoms with E-state index in [1.54, 1.807) is 0 Å². The number of carbonyl (C=O) groups excluding carboxylic acids is 1. The van der Waals surface area contributed by atoms with Crippen molar-refractivity contribution in [3.05, 3.63) is 0 Å². The lowest BCUT2D eigenvalue weighted by atomic mass is 10.1. The van der Waals surface area contributed by atoms with E-state index in [0.717, 1.165) is 0 Å². The number of likely N-dealkylation sites (tertiary alicyclic amines) is 1. The first-order valence-electron chi connectivity index (χ1n) is 5.11. The van der Waals surface area contributed by atoms with Gasteiger partial charge in [-0.25, -0.2) is 9.59 Å². The van der Waals surface area contributed by atoms with Gasteiger partial charge in [0.2, 0.25) is 0 Å². The highest BCUT2D eigenvalue weighted by atomic mass is 16.4. The van der Waals surface area contributed by atoms with Crippen LogP contribution in [0.3, 0.4) is 0 Å². The second-order valence-corrected chi connectivity index (χ2v) is 3.74.